The zero-order chi connectivity index (χ0) is 20.4. The van der Waals surface area contributed by atoms with E-state index in [9.17, 15) is 14.7 Å². The molecular formula is C19H12ClN5O3S. The number of nitrogens with zero attached hydrogens (tertiary/aromatic N) is 4. The molecule has 29 heavy (non-hydrogen) atoms. The first-order valence-electron chi connectivity index (χ1n) is 8.25. The van der Waals surface area contributed by atoms with Gasteiger partial charge in [-0.3, -0.25) is 4.79 Å². The Balaban J connectivity index is 1.66. The van der Waals surface area contributed by atoms with Gasteiger partial charge < -0.3 is 10.4 Å². The second-order valence-corrected chi connectivity index (χ2v) is 7.21. The number of carbonyl (C=O) groups excluding carboxylic acids is 1. The number of aromatic carboxylic acids is 1. The largest absolute Gasteiger partial charge is 0.478 e. The minimum Gasteiger partial charge on any atom is -0.478 e. The SMILES string of the molecule is O=C(Nc1scc(-c2cnn(-c3ccc(Cl)cc3)c2)c1C(=O)O)c1cncnc1. The van der Waals surface area contributed by atoms with Crippen LogP contribution in [0.15, 0.2) is 60.8 Å². The van der Waals surface area contributed by atoms with Crippen molar-refractivity contribution in [2.24, 2.45) is 0 Å². The third-order valence-corrected chi connectivity index (χ3v) is 5.19. The number of carbonyl (C=O) groups is 2. The summed E-state index contributed by atoms with van der Waals surface area (Å²) in [5, 5.41) is 19.1. The molecule has 0 saturated heterocycles. The van der Waals surface area contributed by atoms with Crippen LogP contribution in [0.25, 0.3) is 16.8 Å². The Hall–Kier alpha value is -3.56. The van der Waals surface area contributed by atoms with E-state index in [0.29, 0.717) is 16.1 Å². The number of hydrogen-bond acceptors (Lipinski definition) is 6. The van der Waals surface area contributed by atoms with Gasteiger partial charge in [0.05, 0.1) is 17.4 Å². The van der Waals surface area contributed by atoms with Gasteiger partial charge in [0, 0.05) is 40.1 Å². The van der Waals surface area contributed by atoms with Crippen LogP contribution in [0.4, 0.5) is 5.00 Å². The van der Waals surface area contributed by atoms with Crippen LogP contribution in [0.5, 0.6) is 0 Å². The Bertz CT molecular complexity index is 1190. The Morgan fingerprint density at radius 3 is 2.52 bits per heavy atom. The number of carboxylic acid groups (broad SMARTS) is 1. The summed E-state index contributed by atoms with van der Waals surface area (Å²) in [4.78, 5) is 31.8. The number of carboxylic acids is 1. The highest BCUT2D eigenvalue weighted by Crippen LogP contribution is 2.36. The van der Waals surface area contributed by atoms with E-state index >= 15 is 0 Å². The molecule has 144 valence electrons. The molecular weight excluding hydrogens is 414 g/mol. The molecule has 0 radical (unpaired) electrons. The van der Waals surface area contributed by atoms with Crippen LogP contribution in [0.1, 0.15) is 20.7 Å². The lowest BCUT2D eigenvalue weighted by atomic mass is 10.1. The van der Waals surface area contributed by atoms with Gasteiger partial charge in [0.2, 0.25) is 0 Å². The highest BCUT2D eigenvalue weighted by molar-refractivity contribution is 7.15. The van der Waals surface area contributed by atoms with Crippen LogP contribution in [0.3, 0.4) is 0 Å². The Kier molecular flexibility index (Phi) is 5.07. The molecule has 1 aromatic carbocycles. The first-order valence-corrected chi connectivity index (χ1v) is 9.51. The second kappa shape index (κ2) is 7.82. The zero-order valence-electron chi connectivity index (χ0n) is 14.6. The van der Waals surface area contributed by atoms with Gasteiger partial charge in [-0.15, -0.1) is 11.3 Å². The van der Waals surface area contributed by atoms with Crippen molar-refractivity contribution < 1.29 is 14.7 Å². The standard InChI is InChI=1S/C19H12ClN5O3S/c20-13-1-3-14(4-2-13)25-8-12(7-23-25)15-9-29-18(16(15)19(27)28)24-17(26)11-5-21-10-22-6-11/h1-10H,(H,24,26)(H,27,28). The van der Waals surface area contributed by atoms with Crippen LogP contribution < -0.4 is 5.32 Å². The van der Waals surface area contributed by atoms with Crippen LogP contribution in [0, 0.1) is 0 Å². The molecule has 2 N–H and O–H groups in total. The summed E-state index contributed by atoms with van der Waals surface area (Å²) in [6.07, 6.45) is 7.30. The minimum atomic E-state index is -1.15. The predicted octanol–water partition coefficient (Wildman–Crippen LogP) is 3.99. The number of amides is 1. The van der Waals surface area contributed by atoms with Gasteiger partial charge in [0.25, 0.3) is 5.91 Å². The monoisotopic (exact) mass is 425 g/mol. The van der Waals surface area contributed by atoms with Crippen molar-refractivity contribution in [2.45, 2.75) is 0 Å². The Morgan fingerprint density at radius 1 is 1.10 bits per heavy atom. The summed E-state index contributed by atoms with van der Waals surface area (Å²) in [6.45, 7) is 0. The van der Waals surface area contributed by atoms with Crippen LogP contribution in [-0.2, 0) is 0 Å². The smallest absolute Gasteiger partial charge is 0.339 e. The van der Waals surface area contributed by atoms with Crippen LogP contribution in [0.2, 0.25) is 5.02 Å². The topological polar surface area (TPSA) is 110 Å². The molecule has 0 aliphatic heterocycles. The number of thiophene rings is 1. The molecule has 0 bridgehead atoms. The number of nitrogens with one attached hydrogen (secondary N) is 1. The molecule has 8 nitrogen and oxygen atoms in total. The van der Waals surface area contributed by atoms with Crippen molar-refractivity contribution >= 4 is 39.8 Å². The van der Waals surface area contributed by atoms with E-state index in [1.807, 2.05) is 0 Å². The summed E-state index contributed by atoms with van der Waals surface area (Å²) in [6, 6.07) is 7.09. The lowest BCUT2D eigenvalue weighted by Gasteiger charge is -2.05. The second-order valence-electron chi connectivity index (χ2n) is 5.89. The number of aromatic nitrogens is 4. The van der Waals surface area contributed by atoms with E-state index in [4.69, 9.17) is 11.6 Å². The number of benzene rings is 1. The maximum Gasteiger partial charge on any atom is 0.339 e. The van der Waals surface area contributed by atoms with Gasteiger partial charge >= 0.3 is 5.97 Å². The maximum atomic E-state index is 12.3. The molecule has 3 aromatic heterocycles. The van der Waals surface area contributed by atoms with Crippen molar-refractivity contribution in [1.29, 1.82) is 0 Å². The summed E-state index contributed by atoms with van der Waals surface area (Å²) < 4.78 is 1.62. The normalized spacial score (nSPS) is 10.7. The van der Waals surface area contributed by atoms with Crippen LogP contribution >= 0.6 is 22.9 Å². The highest BCUT2D eigenvalue weighted by Gasteiger charge is 2.22. The molecule has 3 heterocycles. The third kappa shape index (κ3) is 3.86. The maximum absolute atomic E-state index is 12.3. The summed E-state index contributed by atoms with van der Waals surface area (Å²) in [5.41, 5.74) is 2.08. The minimum absolute atomic E-state index is 0.00384. The van der Waals surface area contributed by atoms with E-state index in [0.717, 1.165) is 17.0 Å². The molecule has 4 aromatic rings. The molecule has 10 heteroatoms. The number of rotatable bonds is 5. The molecule has 4 rings (SSSR count). The average Bonchev–Trinajstić information content (AvgIpc) is 3.36. The van der Waals surface area contributed by atoms with Gasteiger partial charge in [-0.2, -0.15) is 5.10 Å². The molecule has 1 amide bonds. The van der Waals surface area contributed by atoms with Gasteiger partial charge in [-0.05, 0) is 24.3 Å². The van der Waals surface area contributed by atoms with E-state index < -0.39 is 11.9 Å². The Labute approximate surface area is 173 Å². The first kappa shape index (κ1) is 18.8. The molecule has 0 fully saturated rings. The lowest BCUT2D eigenvalue weighted by Crippen LogP contribution is -2.14. The fraction of sp³-hybridized carbons (Fsp3) is 0. The lowest BCUT2D eigenvalue weighted by molar-refractivity contribution is 0.0699. The van der Waals surface area contributed by atoms with Crippen molar-refractivity contribution in [3.05, 3.63) is 76.9 Å². The van der Waals surface area contributed by atoms with E-state index in [2.05, 4.69) is 20.4 Å². The fourth-order valence-electron chi connectivity index (χ4n) is 2.66. The highest BCUT2D eigenvalue weighted by atomic mass is 35.5. The van der Waals surface area contributed by atoms with Gasteiger partial charge in [0.1, 0.15) is 16.9 Å². The average molecular weight is 426 g/mol. The van der Waals surface area contributed by atoms with Crippen molar-refractivity contribution in [1.82, 2.24) is 19.7 Å². The number of anilines is 1. The summed E-state index contributed by atoms with van der Waals surface area (Å²) in [5.74, 6) is -1.64. The fourth-order valence-corrected chi connectivity index (χ4v) is 3.75. The van der Waals surface area contributed by atoms with Crippen molar-refractivity contribution in [3.8, 4) is 16.8 Å². The van der Waals surface area contributed by atoms with E-state index in [-0.39, 0.29) is 16.1 Å². The van der Waals surface area contributed by atoms with E-state index in [1.165, 1.54) is 18.7 Å². The van der Waals surface area contributed by atoms with Gasteiger partial charge in [-0.1, -0.05) is 11.6 Å². The number of hydrogen-bond donors (Lipinski definition) is 2. The molecule has 0 unspecified atom stereocenters. The quantitative estimate of drug-likeness (QED) is 0.500. The summed E-state index contributed by atoms with van der Waals surface area (Å²) in [7, 11) is 0. The van der Waals surface area contributed by atoms with Crippen LogP contribution in [-0.4, -0.2) is 36.7 Å². The first-order chi connectivity index (χ1) is 14.0. The Morgan fingerprint density at radius 2 is 1.83 bits per heavy atom. The number of halogens is 1. The molecule has 0 saturated carbocycles. The predicted molar refractivity (Wildman–Crippen MR) is 109 cm³/mol. The molecule has 0 aliphatic carbocycles. The van der Waals surface area contributed by atoms with Gasteiger partial charge in [0.15, 0.2) is 0 Å². The van der Waals surface area contributed by atoms with Crippen molar-refractivity contribution in [3.63, 3.8) is 0 Å². The van der Waals surface area contributed by atoms with Gasteiger partial charge in [-0.25, -0.2) is 19.4 Å². The molecule has 0 atom stereocenters. The summed E-state index contributed by atoms with van der Waals surface area (Å²) >= 11 is 7.03. The zero-order valence-corrected chi connectivity index (χ0v) is 16.2. The molecule has 0 spiro atoms. The van der Waals surface area contributed by atoms with Crippen molar-refractivity contribution in [2.75, 3.05) is 5.32 Å². The third-order valence-electron chi connectivity index (χ3n) is 4.04. The van der Waals surface area contributed by atoms with E-state index in [1.54, 1.807) is 46.7 Å². The molecule has 0 aliphatic rings.